The molecule has 1 aromatic carbocycles. The molecule has 0 spiro atoms. The number of nitrogens with zero attached hydrogens (tertiary/aromatic N) is 4. The van der Waals surface area contributed by atoms with Crippen molar-refractivity contribution in [2.75, 3.05) is 5.75 Å². The summed E-state index contributed by atoms with van der Waals surface area (Å²) < 4.78 is 0.890. The van der Waals surface area contributed by atoms with Gasteiger partial charge in [0.1, 0.15) is 5.70 Å². The number of pyridine rings is 1. The van der Waals surface area contributed by atoms with Crippen molar-refractivity contribution in [3.8, 4) is 0 Å². The van der Waals surface area contributed by atoms with Gasteiger partial charge in [0, 0.05) is 33.4 Å². The molecule has 0 radical (unpaired) electrons. The molecule has 6 nitrogen and oxygen atoms in total. The molecule has 1 amide bonds. The van der Waals surface area contributed by atoms with Crippen LogP contribution in [0.3, 0.4) is 0 Å². The topological polar surface area (TPSA) is 70.0 Å². The zero-order valence-corrected chi connectivity index (χ0v) is 16.4. The number of benzene rings is 1. The monoisotopic (exact) mass is 429 g/mol. The number of hydrogen-bond acceptors (Lipinski definition) is 6. The zero-order valence-electron chi connectivity index (χ0n) is 14.0. The van der Waals surface area contributed by atoms with Gasteiger partial charge in [0.2, 0.25) is 0 Å². The Bertz CT molecular complexity index is 1010. The first-order chi connectivity index (χ1) is 12.7. The Hall–Kier alpha value is -2.19. The van der Waals surface area contributed by atoms with Crippen LogP contribution in [0.25, 0.3) is 5.70 Å². The third-order valence-electron chi connectivity index (χ3n) is 4.00. The minimum absolute atomic E-state index is 0.165. The molecule has 26 heavy (non-hydrogen) atoms. The predicted molar refractivity (Wildman–Crippen MR) is 105 cm³/mol. The van der Waals surface area contributed by atoms with E-state index < -0.39 is 6.17 Å². The lowest BCUT2D eigenvalue weighted by Gasteiger charge is -2.33. The van der Waals surface area contributed by atoms with E-state index in [0.29, 0.717) is 10.9 Å². The minimum atomic E-state index is -0.421. The molecule has 1 N–H and O–H groups in total. The van der Waals surface area contributed by atoms with Crippen LogP contribution in [0.2, 0.25) is 0 Å². The SMILES string of the molecule is CCCSC1=NN2C(=c3cc(Br)ccc3=N[C@@H]2c2cccnc2)C(=O)N1. The van der Waals surface area contributed by atoms with Gasteiger partial charge in [-0.1, -0.05) is 40.7 Å². The van der Waals surface area contributed by atoms with Crippen LogP contribution >= 0.6 is 27.7 Å². The van der Waals surface area contributed by atoms with Gasteiger partial charge in [0.15, 0.2) is 11.3 Å². The first kappa shape index (κ1) is 17.2. The molecule has 8 heteroatoms. The van der Waals surface area contributed by atoms with Crippen LogP contribution in [0.4, 0.5) is 0 Å². The molecule has 0 fully saturated rings. The fourth-order valence-electron chi connectivity index (χ4n) is 2.86. The maximum absolute atomic E-state index is 12.9. The molecule has 0 saturated carbocycles. The highest BCUT2D eigenvalue weighted by molar-refractivity contribution is 9.10. The number of aromatic nitrogens is 1. The van der Waals surface area contributed by atoms with Crippen molar-refractivity contribution >= 4 is 44.5 Å². The van der Waals surface area contributed by atoms with Crippen LogP contribution in [0.5, 0.6) is 0 Å². The second-order valence-electron chi connectivity index (χ2n) is 5.85. The van der Waals surface area contributed by atoms with E-state index in [2.05, 4.69) is 38.3 Å². The quantitative estimate of drug-likeness (QED) is 0.810. The average Bonchev–Trinajstić information content (AvgIpc) is 2.66. The predicted octanol–water partition coefficient (Wildman–Crippen LogP) is 2.13. The molecule has 0 saturated heterocycles. The minimum Gasteiger partial charge on any atom is -0.298 e. The molecule has 0 aliphatic carbocycles. The summed E-state index contributed by atoms with van der Waals surface area (Å²) >= 11 is 5.01. The van der Waals surface area contributed by atoms with Gasteiger partial charge in [-0.2, -0.15) is 0 Å². The van der Waals surface area contributed by atoms with Gasteiger partial charge in [-0.25, -0.2) is 5.01 Å². The Morgan fingerprint density at radius 1 is 1.35 bits per heavy atom. The second kappa shape index (κ2) is 7.20. The van der Waals surface area contributed by atoms with Gasteiger partial charge in [-0.3, -0.25) is 20.1 Å². The summed E-state index contributed by atoms with van der Waals surface area (Å²) in [6.45, 7) is 2.10. The lowest BCUT2D eigenvalue weighted by atomic mass is 10.1. The number of carbonyl (C=O) groups excluding carboxylic acids is 1. The lowest BCUT2D eigenvalue weighted by molar-refractivity contribution is -0.116. The number of thioether (sulfide) groups is 1. The number of halogens is 1. The van der Waals surface area contributed by atoms with Crippen LogP contribution in [-0.2, 0) is 4.79 Å². The molecular weight excluding hydrogens is 414 g/mol. The normalized spacial score (nSPS) is 18.5. The highest BCUT2D eigenvalue weighted by atomic mass is 79.9. The Morgan fingerprint density at radius 3 is 3.00 bits per heavy atom. The summed E-state index contributed by atoms with van der Waals surface area (Å²) in [5.41, 5.74) is 1.39. The van der Waals surface area contributed by atoms with Crippen molar-refractivity contribution in [2.45, 2.75) is 19.5 Å². The smallest absolute Gasteiger partial charge is 0.276 e. The third-order valence-corrected chi connectivity index (χ3v) is 5.56. The second-order valence-corrected chi connectivity index (χ2v) is 7.85. The standard InChI is InChI=1S/C18H16BrN5OS/c1-2-8-26-18-22-17(25)15-13-9-12(19)5-6-14(13)21-16(24(15)23-18)11-4-3-7-20-10-11/h3-7,9-10,16H,2,8H2,1H3,(H,22,23,25)/t16-/m0/s1. The van der Waals surface area contributed by atoms with Gasteiger partial charge in [-0.05, 0) is 30.7 Å². The van der Waals surface area contributed by atoms with Gasteiger partial charge in [0.25, 0.3) is 5.91 Å². The Balaban J connectivity index is 1.92. The van der Waals surface area contributed by atoms with Crippen molar-refractivity contribution in [2.24, 2.45) is 10.1 Å². The van der Waals surface area contributed by atoms with Crippen molar-refractivity contribution < 1.29 is 4.79 Å². The Morgan fingerprint density at radius 2 is 2.23 bits per heavy atom. The lowest BCUT2D eigenvalue weighted by Crippen LogP contribution is -2.50. The van der Waals surface area contributed by atoms with E-state index >= 15 is 0 Å². The zero-order chi connectivity index (χ0) is 18.1. The van der Waals surface area contributed by atoms with E-state index in [1.165, 1.54) is 11.8 Å². The number of amides is 1. The van der Waals surface area contributed by atoms with Gasteiger partial charge in [-0.15, -0.1) is 5.10 Å². The van der Waals surface area contributed by atoms with E-state index in [1.807, 2.05) is 30.3 Å². The van der Waals surface area contributed by atoms with E-state index in [0.717, 1.165) is 32.8 Å². The highest BCUT2D eigenvalue weighted by Crippen LogP contribution is 2.30. The summed E-state index contributed by atoms with van der Waals surface area (Å²) in [6, 6.07) is 9.54. The number of nitrogens with one attached hydrogen (secondary N) is 1. The molecular formula is C18H16BrN5OS. The van der Waals surface area contributed by atoms with Crippen LogP contribution in [0, 0.1) is 0 Å². The van der Waals surface area contributed by atoms with Crippen molar-refractivity contribution in [1.29, 1.82) is 0 Å². The molecule has 3 heterocycles. The number of fused-ring (bicyclic) bond motifs is 2. The highest BCUT2D eigenvalue weighted by Gasteiger charge is 2.34. The maximum Gasteiger partial charge on any atom is 0.276 e. The first-order valence-corrected chi connectivity index (χ1v) is 10.0. The van der Waals surface area contributed by atoms with E-state index in [1.54, 1.807) is 17.4 Å². The van der Waals surface area contributed by atoms with Crippen LogP contribution in [0.15, 0.2) is 57.3 Å². The maximum atomic E-state index is 12.9. The molecule has 0 unspecified atom stereocenters. The fraction of sp³-hybridized carbons (Fsp3) is 0.222. The van der Waals surface area contributed by atoms with Crippen LogP contribution < -0.4 is 15.9 Å². The molecule has 132 valence electrons. The van der Waals surface area contributed by atoms with Gasteiger partial charge in [0.05, 0.1) is 5.36 Å². The molecule has 1 atom stereocenters. The number of amidine groups is 1. The first-order valence-electron chi connectivity index (χ1n) is 8.27. The average molecular weight is 430 g/mol. The van der Waals surface area contributed by atoms with E-state index in [4.69, 9.17) is 4.99 Å². The summed E-state index contributed by atoms with van der Waals surface area (Å²) in [6.07, 6.45) is 4.06. The summed E-state index contributed by atoms with van der Waals surface area (Å²) in [7, 11) is 0. The van der Waals surface area contributed by atoms with Crippen molar-refractivity contribution in [3.63, 3.8) is 0 Å². The molecule has 1 aromatic heterocycles. The molecule has 4 rings (SSSR count). The molecule has 2 aliphatic heterocycles. The molecule has 2 aromatic rings. The van der Waals surface area contributed by atoms with Crippen LogP contribution in [-0.4, -0.2) is 26.8 Å². The third kappa shape index (κ3) is 3.14. The van der Waals surface area contributed by atoms with Gasteiger partial charge < -0.3 is 0 Å². The number of hydrazone groups is 1. The number of hydrogen-bond donors (Lipinski definition) is 1. The summed E-state index contributed by atoms with van der Waals surface area (Å²) in [4.78, 5) is 21.9. The van der Waals surface area contributed by atoms with E-state index in [9.17, 15) is 4.79 Å². The largest absolute Gasteiger partial charge is 0.298 e. The number of carbonyl (C=O) groups is 1. The molecule has 0 bridgehead atoms. The Labute approximate surface area is 163 Å². The summed E-state index contributed by atoms with van der Waals surface area (Å²) in [5.74, 6) is 0.723. The van der Waals surface area contributed by atoms with Gasteiger partial charge >= 0.3 is 0 Å². The van der Waals surface area contributed by atoms with Crippen LogP contribution in [0.1, 0.15) is 25.1 Å². The number of rotatable bonds is 3. The molecule has 2 aliphatic rings. The van der Waals surface area contributed by atoms with Crippen molar-refractivity contribution in [3.05, 3.63) is 63.3 Å². The fourth-order valence-corrected chi connectivity index (χ4v) is 3.93. The summed E-state index contributed by atoms with van der Waals surface area (Å²) in [5, 5.41) is 11.4. The van der Waals surface area contributed by atoms with Crippen molar-refractivity contribution in [1.82, 2.24) is 15.3 Å². The Kier molecular flexibility index (Phi) is 4.78. The van der Waals surface area contributed by atoms with E-state index in [-0.39, 0.29) is 5.91 Å².